The summed E-state index contributed by atoms with van der Waals surface area (Å²) in [5.41, 5.74) is 2.29. The number of anilines is 1. The molecule has 1 saturated heterocycles. The minimum absolute atomic E-state index is 0.0194. The molecule has 10 heteroatoms. The highest BCUT2D eigenvalue weighted by Crippen LogP contribution is 2.15. The van der Waals surface area contributed by atoms with Gasteiger partial charge in [0.15, 0.2) is 5.65 Å². The van der Waals surface area contributed by atoms with Crippen LogP contribution in [0, 0.1) is 6.92 Å². The van der Waals surface area contributed by atoms with Crippen LogP contribution in [0.3, 0.4) is 0 Å². The lowest BCUT2D eigenvalue weighted by Gasteiger charge is -2.34. The SMILES string of the molecule is Cc1ccc(-n2ncc3c(=O)n(CCC(=O)N4CCN(c5ncccn5)CC4)cnc32)cc1. The lowest BCUT2D eigenvalue weighted by molar-refractivity contribution is -0.131. The highest BCUT2D eigenvalue weighted by Gasteiger charge is 2.22. The van der Waals surface area contributed by atoms with Crippen LogP contribution in [0.5, 0.6) is 0 Å². The van der Waals surface area contributed by atoms with Crippen LogP contribution in [-0.4, -0.2) is 66.3 Å². The summed E-state index contributed by atoms with van der Waals surface area (Å²) in [5.74, 6) is 0.702. The molecule has 1 aliphatic rings. The first-order chi connectivity index (χ1) is 16.1. The van der Waals surface area contributed by atoms with Crippen LogP contribution >= 0.6 is 0 Å². The van der Waals surface area contributed by atoms with E-state index >= 15 is 0 Å². The second-order valence-electron chi connectivity index (χ2n) is 8.04. The van der Waals surface area contributed by atoms with Crippen molar-refractivity contribution in [3.63, 3.8) is 0 Å². The topological polar surface area (TPSA) is 102 Å². The third kappa shape index (κ3) is 4.19. The molecular formula is C23H24N8O2. The Bertz CT molecular complexity index is 1320. The summed E-state index contributed by atoms with van der Waals surface area (Å²) in [6, 6.07) is 9.64. The molecule has 168 valence electrons. The van der Waals surface area contributed by atoms with Crippen LogP contribution in [-0.2, 0) is 11.3 Å². The Morgan fingerprint density at radius 3 is 2.45 bits per heavy atom. The van der Waals surface area contributed by atoms with Crippen LogP contribution in [0.15, 0.2) is 60.0 Å². The number of piperazine rings is 1. The maximum Gasteiger partial charge on any atom is 0.264 e. The second kappa shape index (κ2) is 8.81. The van der Waals surface area contributed by atoms with Crippen molar-refractivity contribution in [2.24, 2.45) is 0 Å². The van der Waals surface area contributed by atoms with E-state index in [2.05, 4.69) is 25.0 Å². The van der Waals surface area contributed by atoms with Gasteiger partial charge in [0.1, 0.15) is 5.39 Å². The van der Waals surface area contributed by atoms with Crippen molar-refractivity contribution < 1.29 is 4.79 Å². The Morgan fingerprint density at radius 1 is 1.00 bits per heavy atom. The molecule has 5 rings (SSSR count). The van der Waals surface area contributed by atoms with Crippen molar-refractivity contribution in [3.05, 3.63) is 71.2 Å². The molecule has 0 radical (unpaired) electrons. The molecule has 0 aliphatic carbocycles. The van der Waals surface area contributed by atoms with E-state index in [-0.39, 0.29) is 24.4 Å². The number of rotatable bonds is 5. The maximum atomic E-state index is 12.9. The molecule has 1 fully saturated rings. The molecule has 0 unspecified atom stereocenters. The summed E-state index contributed by atoms with van der Waals surface area (Å²) in [5, 5.41) is 4.78. The minimum Gasteiger partial charge on any atom is -0.339 e. The summed E-state index contributed by atoms with van der Waals surface area (Å²) in [7, 11) is 0. The largest absolute Gasteiger partial charge is 0.339 e. The number of hydrogen-bond acceptors (Lipinski definition) is 7. The number of hydrogen-bond donors (Lipinski definition) is 0. The van der Waals surface area contributed by atoms with E-state index in [4.69, 9.17) is 0 Å². The van der Waals surface area contributed by atoms with E-state index < -0.39 is 0 Å². The van der Waals surface area contributed by atoms with Gasteiger partial charge in [0.05, 0.1) is 18.2 Å². The first kappa shape index (κ1) is 20.8. The summed E-state index contributed by atoms with van der Waals surface area (Å²) < 4.78 is 3.14. The van der Waals surface area contributed by atoms with Gasteiger partial charge in [-0.2, -0.15) is 5.10 Å². The molecular weight excluding hydrogens is 420 g/mol. The van der Waals surface area contributed by atoms with Crippen molar-refractivity contribution in [1.29, 1.82) is 0 Å². The maximum absolute atomic E-state index is 12.9. The van der Waals surface area contributed by atoms with Gasteiger partial charge < -0.3 is 9.80 Å². The van der Waals surface area contributed by atoms with Crippen LogP contribution in [0.4, 0.5) is 5.95 Å². The van der Waals surface area contributed by atoms with E-state index in [0.29, 0.717) is 43.2 Å². The standard InChI is InChI=1S/C23H24N8O2/c1-17-3-5-18(6-4-17)31-21-19(15-27-31)22(33)30(16-26-21)10-7-20(32)28-11-13-29(14-12-28)23-24-8-2-9-25-23/h2-6,8-9,15-16H,7,10-14H2,1H3. The molecule has 0 spiro atoms. The van der Waals surface area contributed by atoms with E-state index in [0.717, 1.165) is 11.3 Å². The number of carbonyl (C=O) groups is 1. The summed E-state index contributed by atoms with van der Waals surface area (Å²) >= 11 is 0. The molecule has 0 bridgehead atoms. The van der Waals surface area contributed by atoms with Gasteiger partial charge in [0.2, 0.25) is 11.9 Å². The lowest BCUT2D eigenvalue weighted by atomic mass is 10.2. The Morgan fingerprint density at radius 2 is 1.73 bits per heavy atom. The lowest BCUT2D eigenvalue weighted by Crippen LogP contribution is -2.49. The van der Waals surface area contributed by atoms with Crippen molar-refractivity contribution in [3.8, 4) is 5.69 Å². The third-order valence-corrected chi connectivity index (χ3v) is 5.87. The third-order valence-electron chi connectivity index (χ3n) is 5.87. The molecule has 1 aliphatic heterocycles. The van der Waals surface area contributed by atoms with Gasteiger partial charge in [-0.15, -0.1) is 0 Å². The number of benzene rings is 1. The van der Waals surface area contributed by atoms with Crippen molar-refractivity contribution >= 4 is 22.9 Å². The van der Waals surface area contributed by atoms with Crippen LogP contribution in [0.1, 0.15) is 12.0 Å². The summed E-state index contributed by atoms with van der Waals surface area (Å²) in [6.07, 6.45) is 6.70. The second-order valence-corrected chi connectivity index (χ2v) is 8.04. The Labute approximate surface area is 190 Å². The highest BCUT2D eigenvalue weighted by molar-refractivity contribution is 5.77. The van der Waals surface area contributed by atoms with E-state index in [1.165, 1.54) is 17.1 Å². The predicted molar refractivity (Wildman–Crippen MR) is 123 cm³/mol. The zero-order chi connectivity index (χ0) is 22.8. The number of aromatic nitrogens is 6. The predicted octanol–water partition coefficient (Wildman–Crippen LogP) is 1.42. The number of amides is 1. The molecule has 0 atom stereocenters. The van der Waals surface area contributed by atoms with Gasteiger partial charge in [0, 0.05) is 51.5 Å². The van der Waals surface area contributed by atoms with Crippen molar-refractivity contribution in [1.82, 2.24) is 34.2 Å². The average Bonchev–Trinajstić information content (AvgIpc) is 3.29. The number of carbonyl (C=O) groups excluding carboxylic acids is 1. The fraction of sp³-hybridized carbons (Fsp3) is 0.304. The van der Waals surface area contributed by atoms with E-state index in [9.17, 15) is 9.59 Å². The Kier molecular flexibility index (Phi) is 5.55. The smallest absolute Gasteiger partial charge is 0.264 e. The first-order valence-corrected chi connectivity index (χ1v) is 10.9. The number of nitrogens with zero attached hydrogens (tertiary/aromatic N) is 8. The molecule has 4 aromatic rings. The fourth-order valence-electron chi connectivity index (χ4n) is 3.97. The molecule has 0 saturated carbocycles. The summed E-state index contributed by atoms with van der Waals surface area (Å²) in [6.45, 7) is 4.86. The minimum atomic E-state index is -0.197. The molecule has 1 amide bonds. The number of fused-ring (bicyclic) bond motifs is 1. The van der Waals surface area contributed by atoms with Gasteiger partial charge in [-0.1, -0.05) is 17.7 Å². The van der Waals surface area contributed by atoms with Gasteiger partial charge in [-0.05, 0) is 25.1 Å². The summed E-state index contributed by atoms with van der Waals surface area (Å²) in [4.78, 5) is 42.5. The first-order valence-electron chi connectivity index (χ1n) is 10.9. The Balaban J connectivity index is 1.24. The van der Waals surface area contributed by atoms with Gasteiger partial charge in [-0.3, -0.25) is 14.2 Å². The monoisotopic (exact) mass is 444 g/mol. The van der Waals surface area contributed by atoms with Crippen LogP contribution in [0.2, 0.25) is 0 Å². The van der Waals surface area contributed by atoms with Gasteiger partial charge in [-0.25, -0.2) is 19.6 Å². The normalized spacial score (nSPS) is 14.1. The molecule has 4 heterocycles. The molecule has 1 aromatic carbocycles. The van der Waals surface area contributed by atoms with Crippen LogP contribution < -0.4 is 10.5 Å². The van der Waals surface area contributed by atoms with Crippen LogP contribution in [0.25, 0.3) is 16.7 Å². The average molecular weight is 444 g/mol. The zero-order valence-electron chi connectivity index (χ0n) is 18.3. The van der Waals surface area contributed by atoms with E-state index in [1.807, 2.05) is 36.1 Å². The fourth-order valence-corrected chi connectivity index (χ4v) is 3.97. The van der Waals surface area contributed by atoms with Gasteiger partial charge in [0.25, 0.3) is 5.56 Å². The zero-order valence-corrected chi connectivity index (χ0v) is 18.3. The van der Waals surface area contributed by atoms with Gasteiger partial charge >= 0.3 is 0 Å². The Hall–Kier alpha value is -4.08. The molecule has 33 heavy (non-hydrogen) atoms. The molecule has 0 N–H and O–H groups in total. The number of aryl methyl sites for hydroxylation is 2. The van der Waals surface area contributed by atoms with E-state index in [1.54, 1.807) is 23.1 Å². The van der Waals surface area contributed by atoms with Crippen molar-refractivity contribution in [2.75, 3.05) is 31.1 Å². The molecule has 10 nitrogen and oxygen atoms in total. The highest BCUT2D eigenvalue weighted by atomic mass is 16.2. The molecule has 3 aromatic heterocycles. The quantitative estimate of drug-likeness (QED) is 0.459. The van der Waals surface area contributed by atoms with Crippen molar-refractivity contribution in [2.45, 2.75) is 19.9 Å².